The summed E-state index contributed by atoms with van der Waals surface area (Å²) in [7, 11) is 0. The minimum Gasteiger partial charge on any atom is -0.396 e. The van der Waals surface area contributed by atoms with Crippen molar-refractivity contribution in [2.75, 3.05) is 6.61 Å². The number of rotatable bonds is 7. The molecule has 1 heteroatoms. The first-order chi connectivity index (χ1) is 5.81. The molecule has 0 saturated heterocycles. The second-order valence-electron chi connectivity index (χ2n) is 3.41. The maximum atomic E-state index is 8.64. The molecule has 1 unspecified atom stereocenters. The van der Waals surface area contributed by atoms with Gasteiger partial charge in [0.2, 0.25) is 0 Å². The largest absolute Gasteiger partial charge is 0.396 e. The highest BCUT2D eigenvalue weighted by molar-refractivity contribution is 4.85. The molecule has 0 saturated carbocycles. The topological polar surface area (TPSA) is 20.2 Å². The summed E-state index contributed by atoms with van der Waals surface area (Å²) in [5.41, 5.74) is 0. The van der Waals surface area contributed by atoms with E-state index < -0.39 is 0 Å². The predicted molar refractivity (Wildman–Crippen MR) is 54.1 cm³/mol. The summed E-state index contributed by atoms with van der Waals surface area (Å²) in [4.78, 5) is 0. The van der Waals surface area contributed by atoms with E-state index in [1.54, 1.807) is 0 Å². The number of hydrogen-bond donors (Lipinski definition) is 1. The maximum Gasteiger partial charge on any atom is 0.0436 e. The highest BCUT2D eigenvalue weighted by Gasteiger charge is 1.93. The van der Waals surface area contributed by atoms with Crippen LogP contribution in [-0.4, -0.2) is 11.7 Å². The molecule has 0 bridgehead atoms. The Labute approximate surface area is 76.5 Å². The molecule has 12 heavy (non-hydrogen) atoms. The normalized spacial score (nSPS) is 13.9. The van der Waals surface area contributed by atoms with E-state index in [4.69, 9.17) is 5.11 Å². The average Bonchev–Trinajstić information content (AvgIpc) is 2.05. The molecule has 0 spiro atoms. The van der Waals surface area contributed by atoms with Crippen molar-refractivity contribution >= 4 is 0 Å². The van der Waals surface area contributed by atoms with Gasteiger partial charge in [-0.2, -0.15) is 0 Å². The zero-order valence-electron chi connectivity index (χ0n) is 8.42. The summed E-state index contributed by atoms with van der Waals surface area (Å²) in [6.07, 6.45) is 10.5. The Morgan fingerprint density at radius 3 is 2.67 bits per heavy atom. The number of aliphatic hydroxyl groups excluding tert-OH is 1. The average molecular weight is 170 g/mol. The van der Waals surface area contributed by atoms with E-state index >= 15 is 0 Å². The fourth-order valence-corrected chi connectivity index (χ4v) is 1.14. The van der Waals surface area contributed by atoms with Gasteiger partial charge in [-0.15, -0.1) is 0 Å². The highest BCUT2D eigenvalue weighted by atomic mass is 16.2. The molecule has 0 aromatic heterocycles. The van der Waals surface area contributed by atoms with Gasteiger partial charge in [-0.1, -0.05) is 38.8 Å². The van der Waals surface area contributed by atoms with Crippen LogP contribution in [0.1, 0.15) is 46.0 Å². The van der Waals surface area contributed by atoms with Crippen LogP contribution in [0.2, 0.25) is 0 Å². The first kappa shape index (κ1) is 11.7. The Hall–Kier alpha value is -0.300. The molecule has 72 valence electrons. The van der Waals surface area contributed by atoms with Crippen LogP contribution in [0.4, 0.5) is 0 Å². The van der Waals surface area contributed by atoms with E-state index in [1.165, 1.54) is 25.7 Å². The van der Waals surface area contributed by atoms with Crippen LogP contribution in [0.3, 0.4) is 0 Å². The third-order valence-electron chi connectivity index (χ3n) is 2.02. The zero-order valence-corrected chi connectivity index (χ0v) is 8.42. The van der Waals surface area contributed by atoms with Gasteiger partial charge in [0.1, 0.15) is 0 Å². The van der Waals surface area contributed by atoms with Crippen LogP contribution in [0, 0.1) is 5.92 Å². The van der Waals surface area contributed by atoms with Crippen molar-refractivity contribution in [1.29, 1.82) is 0 Å². The Bertz CT molecular complexity index is 108. The fourth-order valence-electron chi connectivity index (χ4n) is 1.14. The van der Waals surface area contributed by atoms with Crippen LogP contribution in [-0.2, 0) is 0 Å². The molecule has 0 fully saturated rings. The van der Waals surface area contributed by atoms with Crippen LogP contribution in [0.25, 0.3) is 0 Å². The lowest BCUT2D eigenvalue weighted by molar-refractivity contribution is 0.274. The molecule has 1 N–H and O–H groups in total. The van der Waals surface area contributed by atoms with Crippen LogP contribution < -0.4 is 0 Å². The molecular weight excluding hydrogens is 148 g/mol. The quantitative estimate of drug-likeness (QED) is 0.459. The van der Waals surface area contributed by atoms with Gasteiger partial charge >= 0.3 is 0 Å². The van der Waals surface area contributed by atoms with Crippen molar-refractivity contribution in [2.45, 2.75) is 46.0 Å². The van der Waals surface area contributed by atoms with E-state index in [1.807, 2.05) is 0 Å². The van der Waals surface area contributed by atoms with E-state index in [2.05, 4.69) is 26.0 Å². The van der Waals surface area contributed by atoms with Crippen molar-refractivity contribution in [3.8, 4) is 0 Å². The van der Waals surface area contributed by atoms with Gasteiger partial charge in [-0.25, -0.2) is 0 Å². The summed E-state index contributed by atoms with van der Waals surface area (Å²) in [5, 5.41) is 8.64. The SMILES string of the molecule is CCCCC/C=C/C(C)CCO. The predicted octanol–water partition coefficient (Wildman–Crippen LogP) is 3.14. The molecular formula is C11H22O. The second kappa shape index (κ2) is 8.79. The molecule has 0 rings (SSSR count). The summed E-state index contributed by atoms with van der Waals surface area (Å²) < 4.78 is 0. The second-order valence-corrected chi connectivity index (χ2v) is 3.41. The lowest BCUT2D eigenvalue weighted by Crippen LogP contribution is -1.92. The van der Waals surface area contributed by atoms with Gasteiger partial charge < -0.3 is 5.11 Å². The summed E-state index contributed by atoms with van der Waals surface area (Å²) in [5.74, 6) is 0.539. The van der Waals surface area contributed by atoms with Gasteiger partial charge in [-0.05, 0) is 25.2 Å². The van der Waals surface area contributed by atoms with Gasteiger partial charge in [0, 0.05) is 6.61 Å². The van der Waals surface area contributed by atoms with Crippen molar-refractivity contribution in [3.63, 3.8) is 0 Å². The maximum absolute atomic E-state index is 8.64. The molecule has 1 atom stereocenters. The van der Waals surface area contributed by atoms with Crippen molar-refractivity contribution < 1.29 is 5.11 Å². The van der Waals surface area contributed by atoms with Gasteiger partial charge in [0.25, 0.3) is 0 Å². The summed E-state index contributed by atoms with van der Waals surface area (Å²) in [6.45, 7) is 4.67. The Balaban J connectivity index is 3.22. The van der Waals surface area contributed by atoms with E-state index in [9.17, 15) is 0 Å². The van der Waals surface area contributed by atoms with Crippen molar-refractivity contribution in [3.05, 3.63) is 12.2 Å². The lowest BCUT2D eigenvalue weighted by atomic mass is 10.1. The molecule has 0 aromatic carbocycles. The van der Waals surface area contributed by atoms with Gasteiger partial charge in [0.15, 0.2) is 0 Å². The van der Waals surface area contributed by atoms with E-state index in [0.29, 0.717) is 12.5 Å². The van der Waals surface area contributed by atoms with Crippen LogP contribution >= 0.6 is 0 Å². The number of aliphatic hydroxyl groups is 1. The molecule has 0 heterocycles. The summed E-state index contributed by atoms with van der Waals surface area (Å²) in [6, 6.07) is 0. The van der Waals surface area contributed by atoms with Crippen LogP contribution in [0.5, 0.6) is 0 Å². The smallest absolute Gasteiger partial charge is 0.0436 e. The number of hydrogen-bond acceptors (Lipinski definition) is 1. The molecule has 0 radical (unpaired) electrons. The zero-order chi connectivity index (χ0) is 9.23. The molecule has 0 aliphatic rings. The molecule has 0 amide bonds. The standard InChI is InChI=1S/C11H22O/c1-3-4-5-6-7-8-11(2)9-10-12/h7-8,11-12H,3-6,9-10H2,1-2H3/b8-7+. The van der Waals surface area contributed by atoms with E-state index in [0.717, 1.165) is 6.42 Å². The molecule has 0 aliphatic heterocycles. The van der Waals surface area contributed by atoms with Gasteiger partial charge in [-0.3, -0.25) is 0 Å². The Morgan fingerprint density at radius 2 is 2.08 bits per heavy atom. The molecule has 0 aromatic rings. The van der Waals surface area contributed by atoms with Crippen molar-refractivity contribution in [1.82, 2.24) is 0 Å². The third kappa shape index (κ3) is 7.80. The monoisotopic (exact) mass is 170 g/mol. The molecule has 1 nitrogen and oxygen atoms in total. The van der Waals surface area contributed by atoms with Crippen molar-refractivity contribution in [2.24, 2.45) is 5.92 Å². The summed E-state index contributed by atoms with van der Waals surface area (Å²) >= 11 is 0. The number of unbranched alkanes of at least 4 members (excludes halogenated alkanes) is 3. The third-order valence-corrected chi connectivity index (χ3v) is 2.02. The minimum atomic E-state index is 0.306. The first-order valence-corrected chi connectivity index (χ1v) is 5.08. The highest BCUT2D eigenvalue weighted by Crippen LogP contribution is 2.05. The Kier molecular flexibility index (Phi) is 8.57. The fraction of sp³-hybridized carbons (Fsp3) is 0.818. The lowest BCUT2D eigenvalue weighted by Gasteiger charge is -2.01. The Morgan fingerprint density at radius 1 is 1.33 bits per heavy atom. The van der Waals surface area contributed by atoms with Crippen LogP contribution in [0.15, 0.2) is 12.2 Å². The first-order valence-electron chi connectivity index (χ1n) is 5.08. The van der Waals surface area contributed by atoms with E-state index in [-0.39, 0.29) is 0 Å². The minimum absolute atomic E-state index is 0.306. The molecule has 0 aliphatic carbocycles. The number of allylic oxidation sites excluding steroid dienone is 2. The van der Waals surface area contributed by atoms with Gasteiger partial charge in [0.05, 0.1) is 0 Å².